The second-order valence-corrected chi connectivity index (χ2v) is 10.5. The Morgan fingerprint density at radius 3 is 2.11 bits per heavy atom. The van der Waals surface area contributed by atoms with E-state index in [2.05, 4.69) is 27.7 Å². The first-order valence-electron chi connectivity index (χ1n) is 13.0. The molecule has 1 N–H and O–H groups in total. The van der Waals surface area contributed by atoms with Crippen molar-refractivity contribution in [2.45, 2.75) is 40.7 Å². The van der Waals surface area contributed by atoms with Crippen molar-refractivity contribution in [2.75, 3.05) is 18.1 Å². The van der Waals surface area contributed by atoms with Crippen molar-refractivity contribution in [3.63, 3.8) is 0 Å². The quantitative estimate of drug-likeness (QED) is 0.196. The molecular weight excluding hydrogens is 478 g/mol. The van der Waals surface area contributed by atoms with Gasteiger partial charge in [-0.25, -0.2) is 0 Å². The van der Waals surface area contributed by atoms with Crippen molar-refractivity contribution in [3.05, 3.63) is 95.1 Å². The summed E-state index contributed by atoms with van der Waals surface area (Å²) >= 11 is 0. The summed E-state index contributed by atoms with van der Waals surface area (Å²) in [6.45, 7) is 11.3. The number of aliphatic hydroxyl groups excluding tert-OH is 1. The van der Waals surface area contributed by atoms with E-state index in [1.807, 2.05) is 31.2 Å². The van der Waals surface area contributed by atoms with Crippen molar-refractivity contribution in [3.8, 4) is 11.5 Å². The number of hydrogen-bond acceptors (Lipinski definition) is 5. The Morgan fingerprint density at radius 2 is 1.47 bits per heavy atom. The van der Waals surface area contributed by atoms with Gasteiger partial charge in [0.2, 0.25) is 0 Å². The second kappa shape index (κ2) is 11.5. The molecule has 4 rings (SSSR count). The van der Waals surface area contributed by atoms with Gasteiger partial charge in [0.1, 0.15) is 17.3 Å². The monoisotopic (exact) mass is 513 g/mol. The molecule has 0 aromatic heterocycles. The standard InChI is InChI=1S/C32H35NO5/c1-20(2)18-37-26-14-12-25(13-15-26)33-29(23-9-6-8-22(5)16-23)28(31(35)32(33)36)30(34)24-10-7-11-27(17-24)38-19-21(3)4/h6-17,20-21,29,34H,18-19H2,1-5H3/b30-28-. The van der Waals surface area contributed by atoms with E-state index < -0.39 is 17.7 Å². The molecule has 3 aromatic rings. The minimum absolute atomic E-state index is 0.0433. The van der Waals surface area contributed by atoms with Crippen LogP contribution in [0.25, 0.3) is 5.76 Å². The predicted molar refractivity (Wildman–Crippen MR) is 150 cm³/mol. The zero-order valence-corrected chi connectivity index (χ0v) is 22.6. The fourth-order valence-corrected chi connectivity index (χ4v) is 4.37. The van der Waals surface area contributed by atoms with Gasteiger partial charge in [-0.2, -0.15) is 0 Å². The van der Waals surface area contributed by atoms with Crippen molar-refractivity contribution in [1.82, 2.24) is 0 Å². The normalized spacial score (nSPS) is 16.9. The summed E-state index contributed by atoms with van der Waals surface area (Å²) in [5, 5.41) is 11.4. The molecule has 1 aliphatic rings. The van der Waals surface area contributed by atoms with E-state index in [9.17, 15) is 14.7 Å². The van der Waals surface area contributed by atoms with Crippen LogP contribution in [-0.4, -0.2) is 30.0 Å². The van der Waals surface area contributed by atoms with Crippen molar-refractivity contribution in [1.29, 1.82) is 0 Å². The Hall–Kier alpha value is -4.06. The summed E-state index contributed by atoms with van der Waals surface area (Å²) < 4.78 is 11.6. The topological polar surface area (TPSA) is 76.1 Å². The average molecular weight is 514 g/mol. The van der Waals surface area contributed by atoms with Gasteiger partial charge >= 0.3 is 0 Å². The van der Waals surface area contributed by atoms with E-state index in [1.54, 1.807) is 48.5 Å². The van der Waals surface area contributed by atoms with E-state index in [0.717, 1.165) is 11.1 Å². The Kier molecular flexibility index (Phi) is 8.20. The van der Waals surface area contributed by atoms with Crippen LogP contribution >= 0.6 is 0 Å². The molecule has 6 nitrogen and oxygen atoms in total. The lowest BCUT2D eigenvalue weighted by atomic mass is 9.94. The summed E-state index contributed by atoms with van der Waals surface area (Å²) in [5.41, 5.74) is 2.72. The van der Waals surface area contributed by atoms with Crippen LogP contribution in [0.1, 0.15) is 50.4 Å². The smallest absolute Gasteiger partial charge is 0.300 e. The lowest BCUT2D eigenvalue weighted by molar-refractivity contribution is -0.132. The zero-order valence-electron chi connectivity index (χ0n) is 22.6. The highest BCUT2D eigenvalue weighted by Gasteiger charge is 2.47. The number of aliphatic hydroxyl groups is 1. The molecule has 1 saturated heterocycles. The number of aryl methyl sites for hydroxylation is 1. The number of ketones is 1. The van der Waals surface area contributed by atoms with Crippen LogP contribution in [0.5, 0.6) is 11.5 Å². The molecule has 0 saturated carbocycles. The molecule has 0 radical (unpaired) electrons. The predicted octanol–water partition coefficient (Wildman–Crippen LogP) is 6.69. The number of amides is 1. The van der Waals surface area contributed by atoms with E-state index in [4.69, 9.17) is 9.47 Å². The van der Waals surface area contributed by atoms with E-state index in [-0.39, 0.29) is 11.3 Å². The van der Waals surface area contributed by atoms with Crippen molar-refractivity contribution < 1.29 is 24.2 Å². The number of anilines is 1. The highest BCUT2D eigenvalue weighted by Crippen LogP contribution is 2.42. The minimum Gasteiger partial charge on any atom is -0.507 e. The highest BCUT2D eigenvalue weighted by atomic mass is 16.5. The number of rotatable bonds is 9. The SMILES string of the molecule is Cc1cccc(C2/C(=C(/O)c3cccc(OCC(C)C)c3)C(=O)C(=O)N2c2ccc(OCC(C)C)cc2)c1. The summed E-state index contributed by atoms with van der Waals surface area (Å²) in [5.74, 6) is 0.322. The lowest BCUT2D eigenvalue weighted by Gasteiger charge is -2.26. The average Bonchev–Trinajstić information content (AvgIpc) is 3.16. The number of carbonyl (C=O) groups is 2. The lowest BCUT2D eigenvalue weighted by Crippen LogP contribution is -2.29. The van der Waals surface area contributed by atoms with Crippen molar-refractivity contribution in [2.24, 2.45) is 11.8 Å². The summed E-state index contributed by atoms with van der Waals surface area (Å²) in [7, 11) is 0. The second-order valence-electron chi connectivity index (χ2n) is 10.5. The Bertz CT molecular complexity index is 1340. The molecule has 1 heterocycles. The molecule has 1 fully saturated rings. The molecule has 0 bridgehead atoms. The largest absolute Gasteiger partial charge is 0.507 e. The fraction of sp³-hybridized carbons (Fsp3) is 0.312. The third-order valence-electron chi connectivity index (χ3n) is 6.19. The molecule has 1 atom stereocenters. The van der Waals surface area contributed by atoms with Gasteiger partial charge in [0.05, 0.1) is 24.8 Å². The fourth-order valence-electron chi connectivity index (χ4n) is 4.37. The molecule has 3 aromatic carbocycles. The van der Waals surface area contributed by atoms with Crippen LogP contribution in [0.4, 0.5) is 5.69 Å². The molecular formula is C32H35NO5. The number of ether oxygens (including phenoxy) is 2. The molecule has 1 unspecified atom stereocenters. The Balaban J connectivity index is 1.79. The summed E-state index contributed by atoms with van der Waals surface area (Å²) in [6.07, 6.45) is 0. The van der Waals surface area contributed by atoms with E-state index in [0.29, 0.717) is 47.8 Å². The van der Waals surface area contributed by atoms with Gasteiger partial charge < -0.3 is 14.6 Å². The number of benzene rings is 3. The zero-order chi connectivity index (χ0) is 27.4. The van der Waals surface area contributed by atoms with Crippen molar-refractivity contribution >= 4 is 23.1 Å². The van der Waals surface area contributed by atoms with Gasteiger partial charge in [0.25, 0.3) is 11.7 Å². The Morgan fingerprint density at radius 1 is 0.842 bits per heavy atom. The molecule has 1 aliphatic heterocycles. The maximum atomic E-state index is 13.5. The van der Waals surface area contributed by atoms with Gasteiger partial charge in [-0.05, 0) is 60.7 Å². The number of hydrogen-bond donors (Lipinski definition) is 1. The molecule has 0 spiro atoms. The van der Waals surface area contributed by atoms with Crippen LogP contribution < -0.4 is 14.4 Å². The van der Waals surface area contributed by atoms with Gasteiger partial charge in [0.15, 0.2) is 0 Å². The van der Waals surface area contributed by atoms with E-state index >= 15 is 0 Å². The molecule has 38 heavy (non-hydrogen) atoms. The first kappa shape index (κ1) is 27.0. The van der Waals surface area contributed by atoms with Crippen LogP contribution in [0, 0.1) is 18.8 Å². The maximum absolute atomic E-state index is 13.5. The van der Waals surface area contributed by atoms with Crippen LogP contribution in [0.2, 0.25) is 0 Å². The Labute approximate surface area is 224 Å². The van der Waals surface area contributed by atoms with Crippen LogP contribution in [-0.2, 0) is 9.59 Å². The number of carbonyl (C=O) groups excluding carboxylic acids is 2. The molecule has 6 heteroatoms. The van der Waals surface area contributed by atoms with Crippen LogP contribution in [0.3, 0.4) is 0 Å². The number of Topliss-reactive ketones (excluding diaryl/α,β-unsaturated/α-hetero) is 1. The van der Waals surface area contributed by atoms with Gasteiger partial charge in [-0.15, -0.1) is 0 Å². The first-order valence-corrected chi connectivity index (χ1v) is 13.0. The van der Waals surface area contributed by atoms with Gasteiger partial charge in [-0.1, -0.05) is 69.7 Å². The molecule has 1 amide bonds. The maximum Gasteiger partial charge on any atom is 0.300 e. The summed E-state index contributed by atoms with van der Waals surface area (Å²) in [4.78, 5) is 28.3. The highest BCUT2D eigenvalue weighted by molar-refractivity contribution is 6.51. The minimum atomic E-state index is -0.794. The first-order chi connectivity index (χ1) is 18.2. The third-order valence-corrected chi connectivity index (χ3v) is 6.19. The van der Waals surface area contributed by atoms with E-state index in [1.165, 1.54) is 4.90 Å². The molecule has 198 valence electrons. The molecule has 0 aliphatic carbocycles. The third kappa shape index (κ3) is 5.91. The number of nitrogens with zero attached hydrogens (tertiary/aromatic N) is 1. The summed E-state index contributed by atoms with van der Waals surface area (Å²) in [6, 6.07) is 20.9. The van der Waals surface area contributed by atoms with Crippen LogP contribution in [0.15, 0.2) is 78.4 Å². The van der Waals surface area contributed by atoms with Gasteiger partial charge in [0, 0.05) is 11.3 Å². The van der Waals surface area contributed by atoms with Gasteiger partial charge in [-0.3, -0.25) is 14.5 Å².